The molecule has 0 N–H and O–H groups in total. The van der Waals surface area contributed by atoms with Crippen LogP contribution in [-0.2, 0) is 28.9 Å². The highest BCUT2D eigenvalue weighted by Gasteiger charge is 2.15. The molecule has 0 radical (unpaired) electrons. The average Bonchev–Trinajstić information content (AvgIpc) is 2.74. The van der Waals surface area contributed by atoms with Gasteiger partial charge in [0.15, 0.2) is 0 Å². The van der Waals surface area contributed by atoms with Crippen LogP contribution in [-0.4, -0.2) is 22.4 Å². The minimum atomic E-state index is -0.189. The van der Waals surface area contributed by atoms with Crippen LogP contribution >= 0.6 is 0 Å². The molecule has 4 nitrogen and oxygen atoms in total. The minimum Gasteiger partial charge on any atom is -0.466 e. The summed E-state index contributed by atoms with van der Waals surface area (Å²) >= 11 is 0. The number of aromatic nitrogens is 2. The molecule has 0 aliphatic rings. The first-order valence-electron chi connectivity index (χ1n) is 7.34. The molecule has 0 saturated heterocycles. The molecule has 0 amide bonds. The van der Waals surface area contributed by atoms with Gasteiger partial charge in [-0.1, -0.05) is 30.3 Å². The summed E-state index contributed by atoms with van der Waals surface area (Å²) in [6, 6.07) is 10.3. The van der Waals surface area contributed by atoms with Gasteiger partial charge in [0.1, 0.15) is 0 Å². The molecule has 0 unspecified atom stereocenters. The summed E-state index contributed by atoms with van der Waals surface area (Å²) in [4.78, 5) is 11.6. The summed E-state index contributed by atoms with van der Waals surface area (Å²) in [7, 11) is 0. The number of rotatable bonds is 6. The van der Waals surface area contributed by atoms with E-state index in [2.05, 4.69) is 17.2 Å². The van der Waals surface area contributed by atoms with Gasteiger partial charge in [0.05, 0.1) is 18.7 Å². The van der Waals surface area contributed by atoms with Crippen molar-refractivity contribution in [1.82, 2.24) is 9.78 Å². The number of nitrogens with zero attached hydrogens (tertiary/aromatic N) is 2. The fourth-order valence-corrected chi connectivity index (χ4v) is 2.44. The molecule has 2 aromatic rings. The monoisotopic (exact) mass is 286 g/mol. The SMILES string of the molecule is CCOC(=O)Cc1c(C)nn(CCc2ccccc2)c1C. The third kappa shape index (κ3) is 3.94. The number of benzene rings is 1. The molecule has 2 rings (SSSR count). The number of aryl methyl sites for hydroxylation is 3. The van der Waals surface area contributed by atoms with Crippen LogP contribution in [0.2, 0.25) is 0 Å². The molecule has 0 saturated carbocycles. The molecule has 1 aromatic heterocycles. The Bertz CT molecular complexity index is 603. The van der Waals surface area contributed by atoms with Gasteiger partial charge in [-0.25, -0.2) is 0 Å². The first kappa shape index (κ1) is 15.3. The summed E-state index contributed by atoms with van der Waals surface area (Å²) in [6.45, 7) is 7.01. The Kier molecular flexibility index (Phi) is 5.14. The fraction of sp³-hybridized carbons (Fsp3) is 0.412. The molecular weight excluding hydrogens is 264 g/mol. The predicted octanol–water partition coefficient (Wildman–Crippen LogP) is 2.85. The standard InChI is InChI=1S/C17H22N2O2/c1-4-21-17(20)12-16-13(2)18-19(14(16)3)11-10-15-8-6-5-7-9-15/h5-9H,4,10-12H2,1-3H3. The second-order valence-corrected chi connectivity index (χ2v) is 5.09. The molecule has 0 atom stereocenters. The van der Waals surface area contributed by atoms with Gasteiger partial charge in [-0.05, 0) is 32.8 Å². The molecule has 21 heavy (non-hydrogen) atoms. The zero-order valence-corrected chi connectivity index (χ0v) is 12.9. The lowest BCUT2D eigenvalue weighted by Gasteiger charge is -2.06. The Morgan fingerprint density at radius 2 is 1.95 bits per heavy atom. The number of ether oxygens (including phenoxy) is 1. The number of carbonyl (C=O) groups is 1. The highest BCUT2D eigenvalue weighted by Crippen LogP contribution is 2.15. The normalized spacial score (nSPS) is 10.6. The van der Waals surface area contributed by atoms with Crippen LogP contribution in [0.15, 0.2) is 30.3 Å². The topological polar surface area (TPSA) is 44.1 Å². The summed E-state index contributed by atoms with van der Waals surface area (Å²) in [5.74, 6) is -0.189. The zero-order chi connectivity index (χ0) is 15.2. The molecule has 4 heteroatoms. The van der Waals surface area contributed by atoms with Crippen molar-refractivity contribution < 1.29 is 9.53 Å². The van der Waals surface area contributed by atoms with Crippen molar-refractivity contribution in [3.63, 3.8) is 0 Å². The van der Waals surface area contributed by atoms with E-state index in [9.17, 15) is 4.79 Å². The van der Waals surface area contributed by atoms with Gasteiger partial charge in [0.2, 0.25) is 0 Å². The van der Waals surface area contributed by atoms with Crippen LogP contribution < -0.4 is 0 Å². The lowest BCUT2D eigenvalue weighted by atomic mass is 10.1. The predicted molar refractivity (Wildman–Crippen MR) is 82.2 cm³/mol. The third-order valence-corrected chi connectivity index (χ3v) is 3.61. The van der Waals surface area contributed by atoms with Crippen molar-refractivity contribution >= 4 is 5.97 Å². The molecule has 0 fully saturated rings. The van der Waals surface area contributed by atoms with Crippen LogP contribution in [0.5, 0.6) is 0 Å². The van der Waals surface area contributed by atoms with E-state index >= 15 is 0 Å². The lowest BCUT2D eigenvalue weighted by molar-refractivity contribution is -0.142. The molecule has 1 aromatic carbocycles. The molecule has 0 aliphatic carbocycles. The van der Waals surface area contributed by atoms with Crippen LogP contribution in [0, 0.1) is 13.8 Å². The van der Waals surface area contributed by atoms with E-state index in [0.29, 0.717) is 13.0 Å². The van der Waals surface area contributed by atoms with E-state index in [0.717, 1.165) is 29.9 Å². The Morgan fingerprint density at radius 3 is 2.62 bits per heavy atom. The Balaban J connectivity index is 2.06. The fourth-order valence-electron chi connectivity index (χ4n) is 2.44. The second-order valence-electron chi connectivity index (χ2n) is 5.09. The van der Waals surface area contributed by atoms with Crippen molar-refractivity contribution in [2.24, 2.45) is 0 Å². The highest BCUT2D eigenvalue weighted by molar-refractivity contribution is 5.73. The van der Waals surface area contributed by atoms with Gasteiger partial charge in [0.25, 0.3) is 0 Å². The van der Waals surface area contributed by atoms with Crippen molar-refractivity contribution in [3.8, 4) is 0 Å². The molecule has 0 spiro atoms. The van der Waals surface area contributed by atoms with Crippen molar-refractivity contribution in [2.75, 3.05) is 6.61 Å². The molecule has 112 valence electrons. The second kappa shape index (κ2) is 7.07. The first-order valence-corrected chi connectivity index (χ1v) is 7.34. The number of carbonyl (C=O) groups excluding carboxylic acids is 1. The summed E-state index contributed by atoms with van der Waals surface area (Å²) < 4.78 is 7.00. The third-order valence-electron chi connectivity index (χ3n) is 3.61. The summed E-state index contributed by atoms with van der Waals surface area (Å²) in [6.07, 6.45) is 1.23. The lowest BCUT2D eigenvalue weighted by Crippen LogP contribution is -2.10. The molecule has 0 bridgehead atoms. The maximum absolute atomic E-state index is 11.6. The van der Waals surface area contributed by atoms with E-state index in [1.165, 1.54) is 5.56 Å². The Hall–Kier alpha value is -2.10. The van der Waals surface area contributed by atoms with Crippen molar-refractivity contribution in [3.05, 3.63) is 52.8 Å². The van der Waals surface area contributed by atoms with Gasteiger partial charge in [-0.3, -0.25) is 9.48 Å². The molecule has 1 heterocycles. The zero-order valence-electron chi connectivity index (χ0n) is 12.9. The van der Waals surface area contributed by atoms with Gasteiger partial charge >= 0.3 is 5.97 Å². The van der Waals surface area contributed by atoms with E-state index in [-0.39, 0.29) is 5.97 Å². The number of hydrogen-bond donors (Lipinski definition) is 0. The maximum Gasteiger partial charge on any atom is 0.310 e. The minimum absolute atomic E-state index is 0.189. The maximum atomic E-state index is 11.6. The van der Waals surface area contributed by atoms with Crippen molar-refractivity contribution in [2.45, 2.75) is 40.2 Å². The van der Waals surface area contributed by atoms with E-state index < -0.39 is 0 Å². The van der Waals surface area contributed by atoms with Gasteiger partial charge in [-0.15, -0.1) is 0 Å². The molecule has 0 aliphatic heterocycles. The summed E-state index contributed by atoms with van der Waals surface area (Å²) in [5, 5.41) is 4.55. The van der Waals surface area contributed by atoms with Gasteiger partial charge in [-0.2, -0.15) is 5.10 Å². The quantitative estimate of drug-likeness (QED) is 0.767. The van der Waals surface area contributed by atoms with E-state index in [1.807, 2.05) is 43.7 Å². The smallest absolute Gasteiger partial charge is 0.310 e. The first-order chi connectivity index (χ1) is 10.1. The van der Waals surface area contributed by atoms with Crippen LogP contribution in [0.4, 0.5) is 0 Å². The average molecular weight is 286 g/mol. The van der Waals surface area contributed by atoms with E-state index in [1.54, 1.807) is 0 Å². The van der Waals surface area contributed by atoms with Crippen LogP contribution in [0.1, 0.15) is 29.4 Å². The van der Waals surface area contributed by atoms with Crippen LogP contribution in [0.3, 0.4) is 0 Å². The highest BCUT2D eigenvalue weighted by atomic mass is 16.5. The Morgan fingerprint density at radius 1 is 1.24 bits per heavy atom. The van der Waals surface area contributed by atoms with Crippen LogP contribution in [0.25, 0.3) is 0 Å². The van der Waals surface area contributed by atoms with Gasteiger partial charge in [0, 0.05) is 17.8 Å². The largest absolute Gasteiger partial charge is 0.466 e. The van der Waals surface area contributed by atoms with Gasteiger partial charge < -0.3 is 4.74 Å². The molecular formula is C17H22N2O2. The summed E-state index contributed by atoms with van der Waals surface area (Å²) in [5.41, 5.74) is 4.24. The van der Waals surface area contributed by atoms with Crippen molar-refractivity contribution in [1.29, 1.82) is 0 Å². The Labute approximate surface area is 125 Å². The van der Waals surface area contributed by atoms with E-state index in [4.69, 9.17) is 4.74 Å². The number of hydrogen-bond acceptors (Lipinski definition) is 3. The number of esters is 1.